The molecule has 258 valence electrons. The Hall–Kier alpha value is -7.59. The summed E-state index contributed by atoms with van der Waals surface area (Å²) in [7, 11) is 4.89. The molecule has 0 fully saturated rings. The van der Waals surface area contributed by atoms with Crippen LogP contribution in [0.5, 0.6) is 17.2 Å². The topological polar surface area (TPSA) is 79.6 Å². The molecule has 0 unspecified atom stereocenters. The summed E-state index contributed by atoms with van der Waals surface area (Å²) in [5.74, 6) is 2.06. The van der Waals surface area contributed by atoms with Gasteiger partial charge in [0.2, 0.25) is 0 Å². The first-order valence-corrected chi connectivity index (χ1v) is 17.2. The third-order valence-corrected chi connectivity index (χ3v) is 9.56. The van der Waals surface area contributed by atoms with E-state index in [9.17, 15) is 10.5 Å². The molecule has 7 rings (SSSR count). The van der Waals surface area contributed by atoms with Crippen molar-refractivity contribution in [2.24, 2.45) is 0 Å². The second kappa shape index (κ2) is 15.3. The highest BCUT2D eigenvalue weighted by Gasteiger charge is 2.31. The van der Waals surface area contributed by atoms with Crippen molar-refractivity contribution in [3.63, 3.8) is 0 Å². The summed E-state index contributed by atoms with van der Waals surface area (Å²) in [5, 5.41) is 21.4. The Kier molecular flexibility index (Phi) is 9.90. The van der Waals surface area contributed by atoms with Crippen molar-refractivity contribution >= 4 is 5.69 Å². The standard InChI is InChI=1S/C48H33N3O3/c1-51-42-16-10-9-15-41(42)48-44(32-19-25-37(53-3)26-20-32)46(39-13-7-5-11-34(39)29-49)43(31-17-23-36(52-2)24-18-31)47(40-14-8-6-12-35(40)30-50)45(48)33-21-27-38(54-4)28-22-33/h5-28H,2-4H3. The zero-order chi connectivity index (χ0) is 37.6. The Morgan fingerprint density at radius 3 is 1.06 bits per heavy atom. The lowest BCUT2D eigenvalue weighted by Crippen LogP contribution is -2.04. The first-order valence-electron chi connectivity index (χ1n) is 17.2. The number of para-hydroxylation sites is 1. The van der Waals surface area contributed by atoms with E-state index in [4.69, 9.17) is 20.8 Å². The molecule has 7 aromatic rings. The van der Waals surface area contributed by atoms with Gasteiger partial charge in [0.1, 0.15) is 17.2 Å². The SMILES string of the molecule is [C-]#[N+]c1ccccc1-c1c(-c2ccc(OC)cc2)c(-c2ccccc2C#N)c(-c2ccc(OC)cc2)c(-c2ccccc2C#N)c1-c1ccc(OC)cc1. The van der Waals surface area contributed by atoms with E-state index in [0.717, 1.165) is 50.1 Å². The number of ether oxygens (including phenoxy) is 3. The van der Waals surface area contributed by atoms with Crippen molar-refractivity contribution in [2.75, 3.05) is 21.3 Å². The zero-order valence-electron chi connectivity index (χ0n) is 29.9. The van der Waals surface area contributed by atoms with Crippen molar-refractivity contribution < 1.29 is 14.2 Å². The van der Waals surface area contributed by atoms with Crippen LogP contribution in [0.15, 0.2) is 146 Å². The minimum atomic E-state index is 0.457. The van der Waals surface area contributed by atoms with E-state index in [1.165, 1.54) is 0 Å². The fourth-order valence-corrected chi connectivity index (χ4v) is 7.08. The average Bonchev–Trinajstić information content (AvgIpc) is 3.25. The highest BCUT2D eigenvalue weighted by Crippen LogP contribution is 2.57. The van der Waals surface area contributed by atoms with E-state index >= 15 is 0 Å². The lowest BCUT2D eigenvalue weighted by Gasteiger charge is -2.29. The number of methoxy groups -OCH3 is 3. The first kappa shape index (κ1) is 34.8. The summed E-state index contributed by atoms with van der Waals surface area (Å²) < 4.78 is 16.8. The van der Waals surface area contributed by atoms with Crippen LogP contribution in [-0.4, -0.2) is 21.3 Å². The van der Waals surface area contributed by atoms with E-state index in [1.54, 1.807) is 21.3 Å². The maximum absolute atomic E-state index is 10.7. The van der Waals surface area contributed by atoms with Gasteiger partial charge in [-0.2, -0.15) is 10.5 Å². The van der Waals surface area contributed by atoms with Gasteiger partial charge in [0.25, 0.3) is 0 Å². The maximum atomic E-state index is 10.7. The van der Waals surface area contributed by atoms with Gasteiger partial charge in [-0.1, -0.05) is 97.1 Å². The van der Waals surface area contributed by atoms with Crippen molar-refractivity contribution in [3.8, 4) is 96.1 Å². The van der Waals surface area contributed by atoms with Crippen LogP contribution in [0, 0.1) is 29.2 Å². The molecule has 0 N–H and O–H groups in total. The number of benzene rings is 7. The van der Waals surface area contributed by atoms with E-state index in [2.05, 4.69) is 17.0 Å². The van der Waals surface area contributed by atoms with Gasteiger partial charge in [-0.25, -0.2) is 4.85 Å². The normalized spacial score (nSPS) is 10.4. The molecule has 0 bridgehead atoms. The van der Waals surface area contributed by atoms with E-state index in [0.29, 0.717) is 50.8 Å². The second-order valence-electron chi connectivity index (χ2n) is 12.4. The summed E-state index contributed by atoms with van der Waals surface area (Å²) in [6, 6.07) is 51.2. The largest absolute Gasteiger partial charge is 0.497 e. The summed E-state index contributed by atoms with van der Waals surface area (Å²) in [5.41, 5.74) is 10.8. The smallest absolute Gasteiger partial charge is 0.194 e. The molecule has 0 aliphatic rings. The molecule has 0 saturated heterocycles. The van der Waals surface area contributed by atoms with Crippen LogP contribution >= 0.6 is 0 Å². The van der Waals surface area contributed by atoms with Crippen molar-refractivity contribution in [1.82, 2.24) is 0 Å². The molecule has 0 aromatic heterocycles. The molecule has 0 amide bonds. The Morgan fingerprint density at radius 2 is 0.722 bits per heavy atom. The number of nitrogens with zero attached hydrogens (tertiary/aromatic N) is 3. The highest BCUT2D eigenvalue weighted by atomic mass is 16.5. The summed E-state index contributed by atoms with van der Waals surface area (Å²) in [4.78, 5) is 4.03. The van der Waals surface area contributed by atoms with E-state index in [1.807, 2.05) is 146 Å². The van der Waals surface area contributed by atoms with Gasteiger partial charge < -0.3 is 14.2 Å². The number of rotatable bonds is 9. The molecule has 54 heavy (non-hydrogen) atoms. The molecule has 6 nitrogen and oxygen atoms in total. The maximum Gasteiger partial charge on any atom is 0.194 e. The van der Waals surface area contributed by atoms with Gasteiger partial charge in [0.05, 0.1) is 51.2 Å². The Balaban J connectivity index is 1.88. The molecule has 0 saturated carbocycles. The monoisotopic (exact) mass is 699 g/mol. The molecule has 0 aliphatic heterocycles. The molecule has 7 aromatic carbocycles. The second-order valence-corrected chi connectivity index (χ2v) is 12.4. The fraction of sp³-hybridized carbons (Fsp3) is 0.0625. The predicted octanol–water partition coefficient (Wildman–Crippen LogP) is 12.0. The third-order valence-electron chi connectivity index (χ3n) is 9.56. The van der Waals surface area contributed by atoms with Crippen LogP contribution in [0.1, 0.15) is 11.1 Å². The summed E-state index contributed by atoms with van der Waals surface area (Å²) in [6.07, 6.45) is 0. The lowest BCUT2D eigenvalue weighted by molar-refractivity contribution is 0.415. The van der Waals surface area contributed by atoms with Crippen molar-refractivity contribution in [3.05, 3.63) is 168 Å². The zero-order valence-corrected chi connectivity index (χ0v) is 29.9. The van der Waals surface area contributed by atoms with Crippen LogP contribution in [0.25, 0.3) is 71.6 Å². The lowest BCUT2D eigenvalue weighted by atomic mass is 9.73. The van der Waals surface area contributed by atoms with Gasteiger partial charge in [-0.3, -0.25) is 0 Å². The molecular formula is C48H33N3O3. The fourth-order valence-electron chi connectivity index (χ4n) is 7.08. The molecule has 0 atom stereocenters. The summed E-state index contributed by atoms with van der Waals surface area (Å²) >= 11 is 0. The van der Waals surface area contributed by atoms with Gasteiger partial charge >= 0.3 is 0 Å². The number of hydrogen-bond donors (Lipinski definition) is 0. The average molecular weight is 700 g/mol. The van der Waals surface area contributed by atoms with Crippen LogP contribution in [-0.2, 0) is 0 Å². The molecule has 6 heteroatoms. The Morgan fingerprint density at radius 1 is 0.407 bits per heavy atom. The first-order chi connectivity index (χ1) is 26.5. The molecule has 0 radical (unpaired) electrons. The van der Waals surface area contributed by atoms with E-state index < -0.39 is 0 Å². The quantitative estimate of drug-likeness (QED) is 0.140. The Bertz CT molecular complexity index is 2310. The van der Waals surface area contributed by atoms with Crippen molar-refractivity contribution in [2.45, 2.75) is 0 Å². The van der Waals surface area contributed by atoms with Crippen molar-refractivity contribution in [1.29, 1.82) is 10.5 Å². The van der Waals surface area contributed by atoms with Crippen LogP contribution in [0.4, 0.5) is 5.69 Å². The number of hydrogen-bond acceptors (Lipinski definition) is 5. The van der Waals surface area contributed by atoms with Gasteiger partial charge in [-0.15, -0.1) is 0 Å². The van der Waals surface area contributed by atoms with Crippen LogP contribution < -0.4 is 14.2 Å². The summed E-state index contributed by atoms with van der Waals surface area (Å²) in [6.45, 7) is 8.36. The minimum Gasteiger partial charge on any atom is -0.497 e. The van der Waals surface area contributed by atoms with Gasteiger partial charge in [-0.05, 0) is 104 Å². The molecule has 0 heterocycles. The third kappa shape index (κ3) is 6.28. The Labute approximate surface area is 315 Å². The predicted molar refractivity (Wildman–Crippen MR) is 214 cm³/mol. The van der Waals surface area contributed by atoms with Crippen LogP contribution in [0.3, 0.4) is 0 Å². The van der Waals surface area contributed by atoms with Gasteiger partial charge in [0, 0.05) is 11.1 Å². The van der Waals surface area contributed by atoms with Crippen LogP contribution in [0.2, 0.25) is 0 Å². The molecule has 0 spiro atoms. The molecule has 0 aliphatic carbocycles. The molecular weight excluding hydrogens is 667 g/mol. The number of nitriles is 2. The minimum absolute atomic E-state index is 0.457. The van der Waals surface area contributed by atoms with Gasteiger partial charge in [0.15, 0.2) is 5.69 Å². The van der Waals surface area contributed by atoms with E-state index in [-0.39, 0.29) is 0 Å². The highest BCUT2D eigenvalue weighted by molar-refractivity contribution is 6.17.